The van der Waals surface area contributed by atoms with Crippen LogP contribution in [0.3, 0.4) is 0 Å². The molecule has 7 heteroatoms. The van der Waals surface area contributed by atoms with E-state index in [1.54, 1.807) is 17.7 Å². The molecule has 1 atom stereocenters. The van der Waals surface area contributed by atoms with Crippen molar-refractivity contribution in [3.05, 3.63) is 70.0 Å². The van der Waals surface area contributed by atoms with Crippen LogP contribution in [0.1, 0.15) is 18.1 Å². The fraction of sp³-hybridized carbons (Fsp3) is 0.318. The summed E-state index contributed by atoms with van der Waals surface area (Å²) >= 11 is 1.29. The van der Waals surface area contributed by atoms with E-state index >= 15 is 0 Å². The molecule has 0 aliphatic rings. The summed E-state index contributed by atoms with van der Waals surface area (Å²) in [6, 6.07) is 15.3. The fourth-order valence-corrected chi connectivity index (χ4v) is 3.82. The molecule has 1 N–H and O–H groups in total. The summed E-state index contributed by atoms with van der Waals surface area (Å²) in [5, 5.41) is 3.53. The number of amides is 1. The number of hydrogen-bond acceptors (Lipinski definition) is 5. The second kappa shape index (κ2) is 9.71. The van der Waals surface area contributed by atoms with Crippen LogP contribution >= 0.6 is 11.8 Å². The lowest BCUT2D eigenvalue weighted by Crippen LogP contribution is -2.34. The molecule has 0 spiro atoms. The summed E-state index contributed by atoms with van der Waals surface area (Å²) in [5.41, 5.74) is 2.69. The highest BCUT2D eigenvalue weighted by Crippen LogP contribution is 2.23. The van der Waals surface area contributed by atoms with Gasteiger partial charge in [0.25, 0.3) is 5.56 Å². The first-order chi connectivity index (χ1) is 14.0. The van der Waals surface area contributed by atoms with Crippen LogP contribution in [0.2, 0.25) is 0 Å². The average molecular weight is 412 g/mol. The number of aryl methyl sites for hydroxylation is 1. The van der Waals surface area contributed by atoms with Crippen LogP contribution in [-0.2, 0) is 16.1 Å². The molecule has 0 bridgehead atoms. The van der Waals surface area contributed by atoms with Gasteiger partial charge < -0.3 is 10.1 Å². The molecule has 0 radical (unpaired) electrons. The maximum atomic E-state index is 13.2. The van der Waals surface area contributed by atoms with Crippen LogP contribution in [0.5, 0.6) is 0 Å². The summed E-state index contributed by atoms with van der Waals surface area (Å²) in [6.07, 6.45) is 0. The molecular weight excluding hydrogens is 386 g/mol. The maximum absolute atomic E-state index is 13.2. The van der Waals surface area contributed by atoms with Crippen molar-refractivity contribution in [3.63, 3.8) is 0 Å². The Hall–Kier alpha value is -2.64. The second-order valence-corrected chi connectivity index (χ2v) is 8.14. The van der Waals surface area contributed by atoms with Crippen LogP contribution in [0.25, 0.3) is 10.9 Å². The van der Waals surface area contributed by atoms with E-state index in [1.165, 1.54) is 11.8 Å². The lowest BCUT2D eigenvalue weighted by atomic mass is 10.1. The van der Waals surface area contributed by atoms with Gasteiger partial charge in [-0.2, -0.15) is 0 Å². The minimum atomic E-state index is -0.399. The fourth-order valence-electron chi connectivity index (χ4n) is 2.88. The van der Waals surface area contributed by atoms with E-state index in [0.717, 1.165) is 11.1 Å². The third-order valence-electron chi connectivity index (χ3n) is 4.54. The number of carbonyl (C=O) groups is 1. The third kappa shape index (κ3) is 5.25. The summed E-state index contributed by atoms with van der Waals surface area (Å²) in [4.78, 5) is 30.2. The van der Waals surface area contributed by atoms with Gasteiger partial charge in [0, 0.05) is 13.7 Å². The van der Waals surface area contributed by atoms with Crippen LogP contribution in [0.4, 0.5) is 0 Å². The van der Waals surface area contributed by atoms with E-state index in [1.807, 2.05) is 56.3 Å². The number of carbonyl (C=O) groups excluding carboxylic acids is 1. The SMILES string of the molecule is COCCNC(=O)[C@H](C)Sc1nc2ccccc2c(=O)n1Cc1ccc(C)cc1. The van der Waals surface area contributed by atoms with Gasteiger partial charge >= 0.3 is 0 Å². The predicted octanol–water partition coefficient (Wildman–Crippen LogP) is 3.00. The van der Waals surface area contributed by atoms with Gasteiger partial charge in [-0.1, -0.05) is 53.7 Å². The Morgan fingerprint density at radius 1 is 1.21 bits per heavy atom. The van der Waals surface area contributed by atoms with Crippen molar-refractivity contribution in [1.82, 2.24) is 14.9 Å². The van der Waals surface area contributed by atoms with Gasteiger partial charge in [0.2, 0.25) is 5.91 Å². The van der Waals surface area contributed by atoms with Gasteiger partial charge in [-0.05, 0) is 31.5 Å². The number of fused-ring (bicyclic) bond motifs is 1. The highest BCUT2D eigenvalue weighted by atomic mass is 32.2. The van der Waals surface area contributed by atoms with Crippen LogP contribution < -0.4 is 10.9 Å². The van der Waals surface area contributed by atoms with Gasteiger partial charge in [0.05, 0.1) is 29.3 Å². The number of thioether (sulfide) groups is 1. The molecular formula is C22H25N3O3S. The largest absolute Gasteiger partial charge is 0.383 e. The number of rotatable bonds is 8. The molecule has 0 fully saturated rings. The highest BCUT2D eigenvalue weighted by molar-refractivity contribution is 8.00. The Labute approximate surface area is 174 Å². The minimum Gasteiger partial charge on any atom is -0.383 e. The zero-order valence-corrected chi connectivity index (χ0v) is 17.7. The van der Waals surface area contributed by atoms with E-state index in [-0.39, 0.29) is 11.5 Å². The third-order valence-corrected chi connectivity index (χ3v) is 5.63. The second-order valence-electron chi connectivity index (χ2n) is 6.83. The lowest BCUT2D eigenvalue weighted by Gasteiger charge is -2.16. The Bertz CT molecular complexity index is 1050. The zero-order chi connectivity index (χ0) is 20.8. The Morgan fingerprint density at radius 2 is 1.93 bits per heavy atom. The van der Waals surface area contributed by atoms with Crippen LogP contribution in [0.15, 0.2) is 58.5 Å². The summed E-state index contributed by atoms with van der Waals surface area (Å²) in [7, 11) is 1.59. The van der Waals surface area contributed by atoms with Crippen molar-refractivity contribution in [1.29, 1.82) is 0 Å². The predicted molar refractivity (Wildman–Crippen MR) is 116 cm³/mol. The molecule has 0 aliphatic carbocycles. The number of nitrogens with zero attached hydrogens (tertiary/aromatic N) is 2. The molecule has 0 unspecified atom stereocenters. The topological polar surface area (TPSA) is 73.2 Å². The number of ether oxygens (including phenoxy) is 1. The summed E-state index contributed by atoms with van der Waals surface area (Å²) in [6.45, 7) is 5.14. The number of nitrogens with one attached hydrogen (secondary N) is 1. The van der Waals surface area contributed by atoms with Crippen LogP contribution in [-0.4, -0.2) is 41.0 Å². The maximum Gasteiger partial charge on any atom is 0.262 e. The molecule has 3 aromatic rings. The van der Waals surface area contributed by atoms with Crippen molar-refractivity contribution in [2.45, 2.75) is 30.8 Å². The van der Waals surface area contributed by atoms with Gasteiger partial charge in [0.1, 0.15) is 0 Å². The molecule has 1 heterocycles. The quantitative estimate of drug-likeness (QED) is 0.350. The number of hydrogen-bond donors (Lipinski definition) is 1. The molecule has 6 nitrogen and oxygen atoms in total. The minimum absolute atomic E-state index is 0.106. The molecule has 29 heavy (non-hydrogen) atoms. The zero-order valence-electron chi connectivity index (χ0n) is 16.8. The molecule has 1 amide bonds. The van der Waals surface area contributed by atoms with Crippen molar-refractivity contribution in [3.8, 4) is 0 Å². The lowest BCUT2D eigenvalue weighted by molar-refractivity contribution is -0.120. The number of aromatic nitrogens is 2. The average Bonchev–Trinajstić information content (AvgIpc) is 2.72. The van der Waals surface area contributed by atoms with Gasteiger partial charge in [-0.3, -0.25) is 14.2 Å². The molecule has 3 rings (SSSR count). The van der Waals surface area contributed by atoms with E-state index in [9.17, 15) is 9.59 Å². The van der Waals surface area contributed by atoms with Gasteiger partial charge in [0.15, 0.2) is 5.16 Å². The van der Waals surface area contributed by atoms with Gasteiger partial charge in [-0.15, -0.1) is 0 Å². The Balaban J connectivity index is 1.94. The van der Waals surface area contributed by atoms with E-state index in [0.29, 0.717) is 35.8 Å². The van der Waals surface area contributed by atoms with Gasteiger partial charge in [-0.25, -0.2) is 4.98 Å². The van der Waals surface area contributed by atoms with Crippen molar-refractivity contribution in [2.75, 3.05) is 20.3 Å². The standard InChI is InChI=1S/C22H25N3O3S/c1-15-8-10-17(11-9-15)14-25-21(27)18-6-4-5-7-19(18)24-22(25)29-16(2)20(26)23-12-13-28-3/h4-11,16H,12-14H2,1-3H3,(H,23,26)/t16-/m0/s1. The molecule has 152 valence electrons. The molecule has 0 saturated heterocycles. The molecule has 0 saturated carbocycles. The Kier molecular flexibility index (Phi) is 7.06. The highest BCUT2D eigenvalue weighted by Gasteiger charge is 2.19. The van der Waals surface area contributed by atoms with E-state index in [4.69, 9.17) is 4.74 Å². The van der Waals surface area contributed by atoms with Crippen LogP contribution in [0, 0.1) is 6.92 Å². The van der Waals surface area contributed by atoms with Crippen molar-refractivity contribution in [2.24, 2.45) is 0 Å². The van der Waals surface area contributed by atoms with E-state index in [2.05, 4.69) is 10.3 Å². The summed E-state index contributed by atoms with van der Waals surface area (Å²) in [5.74, 6) is -0.114. The van der Waals surface area contributed by atoms with E-state index < -0.39 is 5.25 Å². The smallest absolute Gasteiger partial charge is 0.262 e. The number of methoxy groups -OCH3 is 1. The monoisotopic (exact) mass is 411 g/mol. The Morgan fingerprint density at radius 3 is 2.66 bits per heavy atom. The normalized spacial score (nSPS) is 12.1. The molecule has 2 aromatic carbocycles. The number of para-hydroxylation sites is 1. The molecule has 1 aromatic heterocycles. The van der Waals surface area contributed by atoms with Crippen molar-refractivity contribution < 1.29 is 9.53 Å². The van der Waals surface area contributed by atoms with Crippen molar-refractivity contribution >= 4 is 28.6 Å². The first-order valence-electron chi connectivity index (χ1n) is 9.48. The number of benzene rings is 2. The summed E-state index contributed by atoms with van der Waals surface area (Å²) < 4.78 is 6.62. The molecule has 0 aliphatic heterocycles. The first kappa shape index (κ1) is 21.1. The first-order valence-corrected chi connectivity index (χ1v) is 10.4.